The minimum absolute atomic E-state index is 0.395. The summed E-state index contributed by atoms with van der Waals surface area (Å²) in [6, 6.07) is 0.395. The summed E-state index contributed by atoms with van der Waals surface area (Å²) >= 11 is 0. The normalized spacial score (nSPS) is 15.2. The first-order chi connectivity index (χ1) is 10.2. The molecule has 1 fully saturated rings. The lowest BCUT2D eigenvalue weighted by Crippen LogP contribution is -2.25. The molecular weight excluding hydrogens is 268 g/mol. The van der Waals surface area contributed by atoms with Gasteiger partial charge in [-0.15, -0.1) is 0 Å². The van der Waals surface area contributed by atoms with Crippen LogP contribution >= 0.6 is 0 Å². The second kappa shape index (κ2) is 7.97. The predicted octanol–water partition coefficient (Wildman–Crippen LogP) is 1.23. The number of nitrogens with zero attached hydrogens (tertiary/aromatic N) is 5. The summed E-state index contributed by atoms with van der Waals surface area (Å²) in [7, 11) is 3.82. The molecule has 1 aliphatic rings. The first kappa shape index (κ1) is 15.8. The summed E-state index contributed by atoms with van der Waals surface area (Å²) in [5.41, 5.74) is 0. The third-order valence-electron chi connectivity index (χ3n) is 3.37. The standard InChI is InChI=1S/C14H26N6O/c1-4-7-15-12-16-13(19(2)3)18-14(17-12)21-11-10-20-8-5-6-9-20/h4-11H2,1-3H3,(H,15,16,17,18). The van der Waals surface area contributed by atoms with Crippen LogP contribution in [-0.4, -0.2) is 66.7 Å². The molecule has 1 aromatic rings. The molecule has 2 rings (SSSR count). The topological polar surface area (TPSA) is 66.4 Å². The minimum Gasteiger partial charge on any atom is -0.462 e. The Morgan fingerprint density at radius 3 is 2.62 bits per heavy atom. The average molecular weight is 294 g/mol. The molecule has 1 saturated heterocycles. The number of likely N-dealkylation sites (tertiary alicyclic amines) is 1. The highest BCUT2D eigenvalue weighted by Gasteiger charge is 2.12. The maximum Gasteiger partial charge on any atom is 0.323 e. The lowest BCUT2D eigenvalue weighted by molar-refractivity contribution is 0.225. The number of rotatable bonds is 8. The molecule has 0 saturated carbocycles. The van der Waals surface area contributed by atoms with Gasteiger partial charge in [0.25, 0.3) is 0 Å². The summed E-state index contributed by atoms with van der Waals surface area (Å²) in [4.78, 5) is 17.3. The highest BCUT2D eigenvalue weighted by molar-refractivity contribution is 5.36. The van der Waals surface area contributed by atoms with Crippen LogP contribution in [0.2, 0.25) is 0 Å². The summed E-state index contributed by atoms with van der Waals surface area (Å²) in [6.45, 7) is 6.84. The van der Waals surface area contributed by atoms with E-state index in [-0.39, 0.29) is 0 Å². The largest absolute Gasteiger partial charge is 0.462 e. The molecule has 7 heteroatoms. The van der Waals surface area contributed by atoms with Crippen LogP contribution in [0.5, 0.6) is 6.01 Å². The molecular formula is C14H26N6O. The van der Waals surface area contributed by atoms with E-state index in [4.69, 9.17) is 4.74 Å². The Morgan fingerprint density at radius 1 is 1.19 bits per heavy atom. The fourth-order valence-corrected chi connectivity index (χ4v) is 2.20. The number of aromatic nitrogens is 3. The van der Waals surface area contributed by atoms with Gasteiger partial charge < -0.3 is 15.0 Å². The van der Waals surface area contributed by atoms with E-state index >= 15 is 0 Å². The molecule has 1 N–H and O–H groups in total. The molecule has 1 aromatic heterocycles. The summed E-state index contributed by atoms with van der Waals surface area (Å²) < 4.78 is 5.71. The van der Waals surface area contributed by atoms with Crippen LogP contribution in [0.3, 0.4) is 0 Å². The molecule has 0 atom stereocenters. The number of hydrogen-bond donors (Lipinski definition) is 1. The molecule has 2 heterocycles. The van der Waals surface area contributed by atoms with Crippen molar-refractivity contribution in [1.29, 1.82) is 0 Å². The van der Waals surface area contributed by atoms with Crippen LogP contribution in [0.1, 0.15) is 26.2 Å². The van der Waals surface area contributed by atoms with E-state index in [2.05, 4.69) is 32.1 Å². The molecule has 0 bridgehead atoms. The first-order valence-electron chi connectivity index (χ1n) is 7.71. The van der Waals surface area contributed by atoms with Crippen molar-refractivity contribution < 1.29 is 4.74 Å². The molecule has 1 aliphatic heterocycles. The Hall–Kier alpha value is -1.63. The molecule has 0 radical (unpaired) electrons. The van der Waals surface area contributed by atoms with Crippen molar-refractivity contribution in [3.8, 4) is 6.01 Å². The van der Waals surface area contributed by atoms with Crippen LogP contribution in [0.4, 0.5) is 11.9 Å². The van der Waals surface area contributed by atoms with Gasteiger partial charge in [-0.05, 0) is 32.4 Å². The molecule has 0 aromatic carbocycles. The van der Waals surface area contributed by atoms with Gasteiger partial charge in [0.1, 0.15) is 6.61 Å². The Bertz CT molecular complexity index is 433. The first-order valence-corrected chi connectivity index (χ1v) is 7.71. The third-order valence-corrected chi connectivity index (χ3v) is 3.37. The molecule has 0 amide bonds. The summed E-state index contributed by atoms with van der Waals surface area (Å²) in [6.07, 6.45) is 3.61. The molecule has 0 spiro atoms. The third kappa shape index (κ3) is 5.00. The zero-order valence-electron chi connectivity index (χ0n) is 13.3. The SMILES string of the molecule is CCCNc1nc(OCCN2CCCC2)nc(N(C)C)n1. The number of hydrogen-bond acceptors (Lipinski definition) is 7. The van der Waals surface area contributed by atoms with Gasteiger partial charge >= 0.3 is 6.01 Å². The number of ether oxygens (including phenoxy) is 1. The Morgan fingerprint density at radius 2 is 1.95 bits per heavy atom. The van der Waals surface area contributed by atoms with E-state index in [1.54, 1.807) is 0 Å². The lowest BCUT2D eigenvalue weighted by atomic mass is 10.4. The van der Waals surface area contributed by atoms with Crippen LogP contribution in [-0.2, 0) is 0 Å². The van der Waals surface area contributed by atoms with E-state index in [9.17, 15) is 0 Å². The van der Waals surface area contributed by atoms with Gasteiger partial charge in [0, 0.05) is 27.2 Å². The van der Waals surface area contributed by atoms with Crippen molar-refractivity contribution in [2.75, 3.05) is 57.1 Å². The van der Waals surface area contributed by atoms with E-state index < -0.39 is 0 Å². The number of nitrogens with one attached hydrogen (secondary N) is 1. The van der Waals surface area contributed by atoms with Gasteiger partial charge in [-0.1, -0.05) is 6.92 Å². The predicted molar refractivity (Wildman–Crippen MR) is 84.1 cm³/mol. The average Bonchev–Trinajstić information content (AvgIpc) is 2.98. The number of anilines is 2. The summed E-state index contributed by atoms with van der Waals surface area (Å²) in [5, 5.41) is 3.18. The molecule has 118 valence electrons. The van der Waals surface area contributed by atoms with Crippen molar-refractivity contribution in [3.63, 3.8) is 0 Å². The monoisotopic (exact) mass is 294 g/mol. The Labute approximate surface area is 126 Å². The van der Waals surface area contributed by atoms with E-state index in [0.717, 1.165) is 19.5 Å². The van der Waals surface area contributed by atoms with Crippen molar-refractivity contribution in [1.82, 2.24) is 19.9 Å². The second-order valence-electron chi connectivity index (χ2n) is 5.46. The Balaban J connectivity index is 1.93. The molecule has 7 nitrogen and oxygen atoms in total. The maximum absolute atomic E-state index is 5.71. The van der Waals surface area contributed by atoms with Crippen LogP contribution in [0, 0.1) is 0 Å². The maximum atomic E-state index is 5.71. The Kier molecular flexibility index (Phi) is 5.98. The van der Waals surface area contributed by atoms with E-state index in [1.165, 1.54) is 25.9 Å². The summed E-state index contributed by atoms with van der Waals surface area (Å²) in [5.74, 6) is 1.19. The molecule has 0 unspecified atom stereocenters. The van der Waals surface area contributed by atoms with Gasteiger partial charge in [-0.2, -0.15) is 15.0 Å². The highest BCUT2D eigenvalue weighted by atomic mass is 16.5. The molecule has 21 heavy (non-hydrogen) atoms. The van der Waals surface area contributed by atoms with Crippen molar-refractivity contribution in [3.05, 3.63) is 0 Å². The quantitative estimate of drug-likeness (QED) is 0.773. The second-order valence-corrected chi connectivity index (χ2v) is 5.46. The lowest BCUT2D eigenvalue weighted by Gasteiger charge is -2.16. The van der Waals surface area contributed by atoms with Crippen LogP contribution in [0.15, 0.2) is 0 Å². The van der Waals surface area contributed by atoms with E-state index in [1.807, 2.05) is 19.0 Å². The minimum atomic E-state index is 0.395. The fourth-order valence-electron chi connectivity index (χ4n) is 2.20. The van der Waals surface area contributed by atoms with Gasteiger partial charge in [0.15, 0.2) is 0 Å². The van der Waals surface area contributed by atoms with Crippen molar-refractivity contribution >= 4 is 11.9 Å². The van der Waals surface area contributed by atoms with Gasteiger partial charge in [-0.3, -0.25) is 4.90 Å². The van der Waals surface area contributed by atoms with Gasteiger partial charge in [0.05, 0.1) is 0 Å². The van der Waals surface area contributed by atoms with Crippen molar-refractivity contribution in [2.45, 2.75) is 26.2 Å². The van der Waals surface area contributed by atoms with Gasteiger partial charge in [-0.25, -0.2) is 0 Å². The fraction of sp³-hybridized carbons (Fsp3) is 0.786. The highest BCUT2D eigenvalue weighted by Crippen LogP contribution is 2.13. The zero-order chi connectivity index (χ0) is 15.1. The van der Waals surface area contributed by atoms with Crippen LogP contribution in [0.25, 0.3) is 0 Å². The van der Waals surface area contributed by atoms with Crippen molar-refractivity contribution in [2.24, 2.45) is 0 Å². The molecule has 0 aliphatic carbocycles. The van der Waals surface area contributed by atoms with E-state index in [0.29, 0.717) is 24.5 Å². The van der Waals surface area contributed by atoms with Crippen LogP contribution < -0.4 is 15.0 Å². The zero-order valence-corrected chi connectivity index (χ0v) is 13.3. The smallest absolute Gasteiger partial charge is 0.323 e. The van der Waals surface area contributed by atoms with Gasteiger partial charge in [0.2, 0.25) is 11.9 Å².